The van der Waals surface area contributed by atoms with Crippen molar-refractivity contribution >= 4 is 21.6 Å². The van der Waals surface area contributed by atoms with Gasteiger partial charge in [-0.05, 0) is 18.6 Å². The zero-order valence-corrected chi connectivity index (χ0v) is 12.2. The van der Waals surface area contributed by atoms with Crippen LogP contribution in [-0.2, 0) is 9.84 Å². The van der Waals surface area contributed by atoms with Gasteiger partial charge in [0.25, 0.3) is 5.91 Å². The monoisotopic (exact) mass is 312 g/mol. The van der Waals surface area contributed by atoms with Gasteiger partial charge in [-0.25, -0.2) is 8.42 Å². The van der Waals surface area contributed by atoms with E-state index < -0.39 is 9.84 Å². The van der Waals surface area contributed by atoms with Crippen LogP contribution >= 0.6 is 0 Å². The smallest absolute Gasteiger partial charge is 0.272 e. The summed E-state index contributed by atoms with van der Waals surface area (Å²) in [6.07, 6.45) is 1.76. The van der Waals surface area contributed by atoms with Gasteiger partial charge >= 0.3 is 0 Å². The predicted octanol–water partition coefficient (Wildman–Crippen LogP) is -0.565. The Morgan fingerprint density at radius 2 is 2.24 bits per heavy atom. The average Bonchev–Trinajstić information content (AvgIpc) is 2.85. The van der Waals surface area contributed by atoms with Crippen molar-refractivity contribution in [2.24, 2.45) is 10.9 Å². The third kappa shape index (κ3) is 3.30. The van der Waals surface area contributed by atoms with Gasteiger partial charge < -0.3 is 15.8 Å². The van der Waals surface area contributed by atoms with E-state index in [1.54, 1.807) is 7.05 Å². The van der Waals surface area contributed by atoms with Crippen LogP contribution in [0.15, 0.2) is 23.5 Å². The van der Waals surface area contributed by atoms with Gasteiger partial charge in [-0.1, -0.05) is 5.16 Å². The first-order valence-corrected chi connectivity index (χ1v) is 8.08. The molecule has 0 saturated carbocycles. The van der Waals surface area contributed by atoms with E-state index in [1.165, 1.54) is 23.2 Å². The Hall–Kier alpha value is -2.16. The van der Waals surface area contributed by atoms with Gasteiger partial charge in [-0.15, -0.1) is 0 Å². The Morgan fingerprint density at radius 3 is 2.71 bits per heavy atom. The number of rotatable bonds is 3. The molecule has 21 heavy (non-hydrogen) atoms. The summed E-state index contributed by atoms with van der Waals surface area (Å²) in [6.45, 7) is 0. The molecule has 1 amide bonds. The Balaban J connectivity index is 2.13. The molecule has 1 aliphatic rings. The lowest BCUT2D eigenvalue weighted by Crippen LogP contribution is -2.38. The number of pyridine rings is 1. The number of nitrogens with two attached hydrogens (primary N) is 1. The van der Waals surface area contributed by atoms with Crippen molar-refractivity contribution in [1.82, 2.24) is 9.88 Å². The zero-order valence-electron chi connectivity index (χ0n) is 11.4. The van der Waals surface area contributed by atoms with Crippen LogP contribution in [0, 0.1) is 0 Å². The molecule has 2 heterocycles. The molecular weight excluding hydrogens is 296 g/mol. The molecule has 2 rings (SSSR count). The fraction of sp³-hybridized carbons (Fsp3) is 0.417. The largest absolute Gasteiger partial charge is 0.409 e. The minimum Gasteiger partial charge on any atom is -0.409 e. The van der Waals surface area contributed by atoms with E-state index in [0.717, 1.165) is 0 Å². The molecule has 1 atom stereocenters. The summed E-state index contributed by atoms with van der Waals surface area (Å²) >= 11 is 0. The number of aromatic nitrogens is 1. The molecule has 8 nitrogen and oxygen atoms in total. The number of amidine groups is 1. The molecular formula is C12H16N4O4S. The molecule has 1 aliphatic heterocycles. The number of carbonyl (C=O) groups excluding carboxylic acids is 1. The van der Waals surface area contributed by atoms with Crippen molar-refractivity contribution in [3.05, 3.63) is 29.6 Å². The summed E-state index contributed by atoms with van der Waals surface area (Å²) in [5, 5.41) is 11.4. The fourth-order valence-corrected chi connectivity index (χ4v) is 3.93. The molecule has 1 aromatic heterocycles. The van der Waals surface area contributed by atoms with Gasteiger partial charge in [-0.2, -0.15) is 0 Å². The topological polar surface area (TPSA) is 126 Å². The van der Waals surface area contributed by atoms with E-state index in [1.807, 2.05) is 0 Å². The highest BCUT2D eigenvalue weighted by molar-refractivity contribution is 7.91. The molecule has 1 unspecified atom stereocenters. The third-order valence-corrected chi connectivity index (χ3v) is 5.21. The van der Waals surface area contributed by atoms with Crippen LogP contribution in [0.3, 0.4) is 0 Å². The molecule has 0 radical (unpaired) electrons. The summed E-state index contributed by atoms with van der Waals surface area (Å²) in [5.41, 5.74) is 5.97. The van der Waals surface area contributed by atoms with E-state index >= 15 is 0 Å². The molecule has 1 fully saturated rings. The van der Waals surface area contributed by atoms with Crippen molar-refractivity contribution in [2.45, 2.75) is 12.5 Å². The van der Waals surface area contributed by atoms with Crippen molar-refractivity contribution < 1.29 is 18.4 Å². The first kappa shape index (κ1) is 15.2. The highest BCUT2D eigenvalue weighted by atomic mass is 32.2. The normalized spacial score (nSPS) is 21.2. The Bertz CT molecular complexity index is 669. The number of hydrogen-bond donors (Lipinski definition) is 2. The number of nitrogens with zero attached hydrogens (tertiary/aromatic N) is 3. The van der Waals surface area contributed by atoms with Crippen LogP contribution < -0.4 is 5.73 Å². The van der Waals surface area contributed by atoms with Gasteiger partial charge in [0.2, 0.25) is 0 Å². The molecule has 3 N–H and O–H groups in total. The number of oxime groups is 1. The Kier molecular flexibility index (Phi) is 4.12. The highest BCUT2D eigenvalue weighted by Gasteiger charge is 2.33. The molecule has 1 aromatic rings. The molecule has 0 bridgehead atoms. The molecule has 0 aromatic carbocycles. The van der Waals surface area contributed by atoms with Crippen LogP contribution in [0.25, 0.3) is 0 Å². The number of hydrogen-bond acceptors (Lipinski definition) is 6. The number of sulfone groups is 1. The van der Waals surface area contributed by atoms with Crippen molar-refractivity contribution in [2.75, 3.05) is 18.6 Å². The maximum absolute atomic E-state index is 12.3. The minimum atomic E-state index is -3.05. The van der Waals surface area contributed by atoms with Crippen LogP contribution in [0.2, 0.25) is 0 Å². The lowest BCUT2D eigenvalue weighted by atomic mass is 10.2. The highest BCUT2D eigenvalue weighted by Crippen LogP contribution is 2.18. The Morgan fingerprint density at radius 1 is 1.52 bits per heavy atom. The second-order valence-electron chi connectivity index (χ2n) is 4.89. The molecule has 1 saturated heterocycles. The van der Waals surface area contributed by atoms with Crippen molar-refractivity contribution in [3.8, 4) is 0 Å². The van der Waals surface area contributed by atoms with E-state index in [4.69, 9.17) is 10.9 Å². The van der Waals surface area contributed by atoms with Gasteiger partial charge in [-0.3, -0.25) is 9.78 Å². The summed E-state index contributed by atoms with van der Waals surface area (Å²) in [7, 11) is -1.49. The number of amides is 1. The predicted molar refractivity (Wildman–Crippen MR) is 75.9 cm³/mol. The molecule has 0 aliphatic carbocycles. The average molecular weight is 312 g/mol. The standard InChI is InChI=1S/C12H16N4O4S/c1-16(9-4-5-21(19,20)7-9)12(17)10-3-2-8(6-14-10)11(13)15-18/h2-3,6,9,18H,4-5,7H2,1H3,(H2,13,15). The summed E-state index contributed by atoms with van der Waals surface area (Å²) in [6, 6.07) is 2.64. The van der Waals surface area contributed by atoms with E-state index in [2.05, 4.69) is 10.1 Å². The molecule has 114 valence electrons. The fourth-order valence-electron chi connectivity index (χ4n) is 2.16. The summed E-state index contributed by atoms with van der Waals surface area (Å²) in [4.78, 5) is 17.6. The van der Waals surface area contributed by atoms with E-state index in [0.29, 0.717) is 12.0 Å². The Labute approximate surface area is 122 Å². The number of carbonyl (C=O) groups is 1. The molecule has 0 spiro atoms. The lowest BCUT2D eigenvalue weighted by Gasteiger charge is -2.22. The molecule has 9 heteroatoms. The maximum atomic E-state index is 12.3. The SMILES string of the molecule is CN(C(=O)c1ccc(C(N)=NO)cn1)C1CCS(=O)(=O)C1. The van der Waals surface area contributed by atoms with Crippen LogP contribution in [0.5, 0.6) is 0 Å². The van der Waals surface area contributed by atoms with Crippen molar-refractivity contribution in [1.29, 1.82) is 0 Å². The zero-order chi connectivity index (χ0) is 15.6. The second kappa shape index (κ2) is 5.68. The van der Waals surface area contributed by atoms with Crippen molar-refractivity contribution in [3.63, 3.8) is 0 Å². The second-order valence-corrected chi connectivity index (χ2v) is 7.12. The first-order valence-electron chi connectivity index (χ1n) is 6.25. The first-order chi connectivity index (χ1) is 9.84. The van der Waals surface area contributed by atoms with Gasteiger partial charge in [0.05, 0.1) is 11.5 Å². The van der Waals surface area contributed by atoms with E-state index in [-0.39, 0.29) is 35.0 Å². The van der Waals surface area contributed by atoms with Crippen LogP contribution in [-0.4, -0.2) is 59.8 Å². The van der Waals surface area contributed by atoms with Gasteiger partial charge in [0.1, 0.15) is 5.69 Å². The lowest BCUT2D eigenvalue weighted by molar-refractivity contribution is 0.0742. The van der Waals surface area contributed by atoms with Crippen LogP contribution in [0.4, 0.5) is 0 Å². The quantitative estimate of drug-likeness (QED) is 0.333. The van der Waals surface area contributed by atoms with Crippen LogP contribution in [0.1, 0.15) is 22.5 Å². The third-order valence-electron chi connectivity index (χ3n) is 3.46. The van der Waals surface area contributed by atoms with Gasteiger partial charge in [0, 0.05) is 24.8 Å². The maximum Gasteiger partial charge on any atom is 0.272 e. The van der Waals surface area contributed by atoms with Gasteiger partial charge in [0.15, 0.2) is 15.7 Å². The van der Waals surface area contributed by atoms with E-state index in [9.17, 15) is 13.2 Å². The minimum absolute atomic E-state index is 0.0164. The summed E-state index contributed by atoms with van der Waals surface area (Å²) in [5.74, 6) is -0.373. The summed E-state index contributed by atoms with van der Waals surface area (Å²) < 4.78 is 22.9.